The van der Waals surface area contributed by atoms with E-state index in [9.17, 15) is 14.7 Å². The van der Waals surface area contributed by atoms with Crippen LogP contribution in [0.2, 0.25) is 0 Å². The Morgan fingerprint density at radius 1 is 1.35 bits per heavy atom. The molecule has 6 nitrogen and oxygen atoms in total. The Kier molecular flexibility index (Phi) is 3.19. The third-order valence-electron chi connectivity index (χ3n) is 2.94. The molecule has 2 aromatic rings. The van der Waals surface area contributed by atoms with Gasteiger partial charge in [0.25, 0.3) is 11.5 Å². The van der Waals surface area contributed by atoms with Crippen molar-refractivity contribution < 1.29 is 9.90 Å². The van der Waals surface area contributed by atoms with Crippen molar-refractivity contribution in [2.45, 2.75) is 11.7 Å². The molecule has 20 heavy (non-hydrogen) atoms. The molecule has 0 radical (unpaired) electrons. The highest BCUT2D eigenvalue weighted by Gasteiger charge is 2.22. The summed E-state index contributed by atoms with van der Waals surface area (Å²) in [5, 5.41) is 12.7. The Balaban J connectivity index is 1.96. The van der Waals surface area contributed by atoms with Gasteiger partial charge >= 0.3 is 0 Å². The number of anilines is 1. The lowest BCUT2D eigenvalue weighted by atomic mass is 10.2. The molecule has 2 heterocycles. The fourth-order valence-electron chi connectivity index (χ4n) is 1.94. The molecule has 102 valence electrons. The minimum absolute atomic E-state index is 0.176. The molecular formula is C13H11N3O3S. The number of carbonyl (C=O) groups is 1. The van der Waals surface area contributed by atoms with E-state index < -0.39 is 17.3 Å². The van der Waals surface area contributed by atoms with Crippen molar-refractivity contribution in [3.63, 3.8) is 0 Å². The third-order valence-corrected chi connectivity index (χ3v) is 3.89. The Bertz CT molecular complexity index is 728. The predicted octanol–water partition coefficient (Wildman–Crippen LogP) is 1.31. The number of benzene rings is 1. The van der Waals surface area contributed by atoms with Crippen LogP contribution >= 0.6 is 11.8 Å². The van der Waals surface area contributed by atoms with E-state index in [1.165, 1.54) is 16.3 Å². The number of amides is 1. The van der Waals surface area contributed by atoms with Crippen molar-refractivity contribution >= 4 is 23.4 Å². The van der Waals surface area contributed by atoms with Crippen molar-refractivity contribution in [3.05, 3.63) is 46.2 Å². The molecule has 0 spiro atoms. The Hall–Kier alpha value is -2.28. The first-order chi connectivity index (χ1) is 9.66. The Labute approximate surface area is 118 Å². The first kappa shape index (κ1) is 12.7. The molecule has 2 N–H and O–H groups in total. The summed E-state index contributed by atoms with van der Waals surface area (Å²) in [4.78, 5) is 28.1. The Morgan fingerprint density at radius 3 is 2.85 bits per heavy atom. The topological polar surface area (TPSA) is 84.2 Å². The van der Waals surface area contributed by atoms with Gasteiger partial charge in [-0.15, -0.1) is 0 Å². The third kappa shape index (κ3) is 2.16. The molecule has 3 rings (SSSR count). The number of fused-ring (bicyclic) bond motifs is 1. The van der Waals surface area contributed by atoms with Crippen LogP contribution in [-0.2, 0) is 6.54 Å². The van der Waals surface area contributed by atoms with E-state index >= 15 is 0 Å². The molecule has 1 aliphatic rings. The van der Waals surface area contributed by atoms with Gasteiger partial charge in [-0.25, -0.2) is 0 Å². The monoisotopic (exact) mass is 289 g/mol. The van der Waals surface area contributed by atoms with Gasteiger partial charge in [0.05, 0.1) is 0 Å². The summed E-state index contributed by atoms with van der Waals surface area (Å²) in [6, 6.07) is 8.48. The zero-order chi connectivity index (χ0) is 14.1. The average Bonchev–Trinajstić information content (AvgIpc) is 2.92. The quantitative estimate of drug-likeness (QED) is 0.814. The molecule has 1 aromatic carbocycles. The van der Waals surface area contributed by atoms with Crippen LogP contribution in [0.4, 0.5) is 5.69 Å². The molecule has 1 aromatic heterocycles. The van der Waals surface area contributed by atoms with Crippen molar-refractivity contribution in [1.29, 1.82) is 0 Å². The number of thioether (sulfide) groups is 1. The molecule has 7 heteroatoms. The van der Waals surface area contributed by atoms with Crippen LogP contribution in [0.15, 0.2) is 40.3 Å². The number of hydrogen-bond acceptors (Lipinski definition) is 5. The number of hydrogen-bond donors (Lipinski definition) is 2. The van der Waals surface area contributed by atoms with E-state index in [4.69, 9.17) is 0 Å². The van der Waals surface area contributed by atoms with E-state index in [1.807, 2.05) is 0 Å². The minimum Gasteiger partial charge on any atom is -0.492 e. The lowest BCUT2D eigenvalue weighted by Gasteiger charge is -2.09. The van der Waals surface area contributed by atoms with Gasteiger partial charge < -0.3 is 10.4 Å². The van der Waals surface area contributed by atoms with Crippen molar-refractivity contribution in [3.8, 4) is 5.88 Å². The van der Waals surface area contributed by atoms with Gasteiger partial charge in [-0.2, -0.15) is 4.98 Å². The molecule has 0 unspecified atom stereocenters. The molecule has 0 bridgehead atoms. The highest BCUT2D eigenvalue weighted by Crippen LogP contribution is 2.26. The average molecular weight is 289 g/mol. The zero-order valence-corrected chi connectivity index (χ0v) is 11.2. The van der Waals surface area contributed by atoms with Crippen LogP contribution < -0.4 is 10.9 Å². The maximum Gasteiger partial charge on any atom is 0.282 e. The predicted molar refractivity (Wildman–Crippen MR) is 75.3 cm³/mol. The van der Waals surface area contributed by atoms with Gasteiger partial charge in [-0.1, -0.05) is 30.0 Å². The van der Waals surface area contributed by atoms with Crippen LogP contribution in [0.1, 0.15) is 10.4 Å². The van der Waals surface area contributed by atoms with Crippen LogP contribution in [0, 0.1) is 0 Å². The molecule has 0 aliphatic carbocycles. The summed E-state index contributed by atoms with van der Waals surface area (Å²) in [5.41, 5.74) is -0.196. The summed E-state index contributed by atoms with van der Waals surface area (Å²) in [6.07, 6.45) is 0. The number of rotatable bonds is 2. The smallest absolute Gasteiger partial charge is 0.282 e. The van der Waals surface area contributed by atoms with Crippen LogP contribution in [0.5, 0.6) is 5.88 Å². The van der Waals surface area contributed by atoms with E-state index in [-0.39, 0.29) is 5.69 Å². The summed E-state index contributed by atoms with van der Waals surface area (Å²) in [5.74, 6) is -0.163. The standard InChI is InChI=1S/C13H11N3O3S/c17-10(8-4-2-1-3-5-8)14-9-11(18)15-13-16(12(9)19)6-7-20-13/h1-5,18H,6-7H2,(H,14,17). The number of aromatic hydroxyl groups is 1. The first-order valence-corrected chi connectivity index (χ1v) is 6.98. The summed E-state index contributed by atoms with van der Waals surface area (Å²) >= 11 is 1.40. The normalized spacial score (nSPS) is 13.0. The Morgan fingerprint density at radius 2 is 2.10 bits per heavy atom. The van der Waals surface area contributed by atoms with Crippen LogP contribution in [0.3, 0.4) is 0 Å². The van der Waals surface area contributed by atoms with Crippen molar-refractivity contribution in [1.82, 2.24) is 9.55 Å². The van der Waals surface area contributed by atoms with Crippen LogP contribution in [-0.4, -0.2) is 26.3 Å². The van der Waals surface area contributed by atoms with Crippen molar-refractivity contribution in [2.75, 3.05) is 11.1 Å². The fraction of sp³-hybridized carbons (Fsp3) is 0.154. The molecule has 0 fully saturated rings. The van der Waals surface area contributed by atoms with Crippen molar-refractivity contribution in [2.24, 2.45) is 0 Å². The largest absolute Gasteiger partial charge is 0.492 e. The molecular weight excluding hydrogens is 278 g/mol. The van der Waals surface area contributed by atoms with Gasteiger partial charge in [0.2, 0.25) is 5.88 Å². The summed E-state index contributed by atoms with van der Waals surface area (Å²) in [7, 11) is 0. The minimum atomic E-state index is -0.453. The summed E-state index contributed by atoms with van der Waals surface area (Å²) in [6.45, 7) is 0.528. The summed E-state index contributed by atoms with van der Waals surface area (Å²) < 4.78 is 1.45. The molecule has 0 saturated heterocycles. The van der Waals surface area contributed by atoms with Gasteiger partial charge in [-0.3, -0.25) is 14.2 Å². The number of aromatic nitrogens is 2. The van der Waals surface area contributed by atoms with E-state index in [2.05, 4.69) is 10.3 Å². The van der Waals surface area contributed by atoms with Crippen LogP contribution in [0.25, 0.3) is 0 Å². The lowest BCUT2D eigenvalue weighted by Crippen LogP contribution is -2.26. The highest BCUT2D eigenvalue weighted by molar-refractivity contribution is 7.99. The van der Waals surface area contributed by atoms with E-state index in [0.29, 0.717) is 17.3 Å². The second-order valence-corrected chi connectivity index (χ2v) is 5.28. The van der Waals surface area contributed by atoms with Gasteiger partial charge in [0.15, 0.2) is 10.8 Å². The lowest BCUT2D eigenvalue weighted by molar-refractivity contribution is 0.102. The van der Waals surface area contributed by atoms with Gasteiger partial charge in [0, 0.05) is 17.9 Å². The molecule has 0 saturated carbocycles. The first-order valence-electron chi connectivity index (χ1n) is 6.00. The SMILES string of the molecule is O=C(Nc1c(O)nc2n(c1=O)CCS2)c1ccccc1. The molecule has 1 amide bonds. The fourth-order valence-corrected chi connectivity index (χ4v) is 2.88. The number of nitrogens with zero attached hydrogens (tertiary/aromatic N) is 2. The molecule has 1 aliphatic heterocycles. The zero-order valence-electron chi connectivity index (χ0n) is 10.4. The van der Waals surface area contributed by atoms with Gasteiger partial charge in [-0.05, 0) is 12.1 Å². The highest BCUT2D eigenvalue weighted by atomic mass is 32.2. The molecule has 0 atom stereocenters. The second-order valence-electron chi connectivity index (χ2n) is 4.22. The van der Waals surface area contributed by atoms with E-state index in [1.54, 1.807) is 30.3 Å². The second kappa shape index (κ2) is 5.01. The number of nitrogens with one attached hydrogen (secondary N) is 1. The number of carbonyl (C=O) groups excluding carboxylic acids is 1. The van der Waals surface area contributed by atoms with E-state index in [0.717, 1.165) is 5.75 Å². The van der Waals surface area contributed by atoms with Gasteiger partial charge in [0.1, 0.15) is 0 Å². The maximum absolute atomic E-state index is 12.2. The maximum atomic E-state index is 12.2.